The first-order valence-corrected chi connectivity index (χ1v) is 8.72. The number of nitrogens with zero attached hydrogens (tertiary/aromatic N) is 1. The number of benzene rings is 1. The van der Waals surface area contributed by atoms with Gasteiger partial charge in [-0.2, -0.15) is 0 Å². The summed E-state index contributed by atoms with van der Waals surface area (Å²) in [6.45, 7) is 5.72. The molecule has 1 aromatic heterocycles. The van der Waals surface area contributed by atoms with Gasteiger partial charge in [0.05, 0.1) is 19.0 Å². The highest BCUT2D eigenvalue weighted by Gasteiger charge is 2.13. The predicted molar refractivity (Wildman–Crippen MR) is 97.3 cm³/mol. The third kappa shape index (κ3) is 7.84. The van der Waals surface area contributed by atoms with Crippen LogP contribution in [0, 0.1) is 6.92 Å². The molecule has 1 aromatic carbocycles. The van der Waals surface area contributed by atoms with Crippen LogP contribution < -0.4 is 0 Å². The van der Waals surface area contributed by atoms with Gasteiger partial charge in [-0.05, 0) is 31.0 Å². The third-order valence-electron chi connectivity index (χ3n) is 3.92. The van der Waals surface area contributed by atoms with Crippen LogP contribution in [0.2, 0.25) is 0 Å². The Morgan fingerprint density at radius 3 is 2.84 bits per heavy atom. The number of hydrogen-bond donors (Lipinski definition) is 1. The molecule has 0 amide bonds. The largest absolute Gasteiger partial charge is 0.467 e. The Morgan fingerprint density at radius 1 is 1.24 bits per heavy atom. The molecule has 1 atom stereocenters. The average molecular weight is 347 g/mol. The SMILES string of the molecule is COCCCN(Cc1cccc(C)c1)C[C@@H](O)COCc1ccco1. The third-order valence-corrected chi connectivity index (χ3v) is 3.92. The Kier molecular flexibility index (Phi) is 8.69. The maximum Gasteiger partial charge on any atom is 0.129 e. The molecule has 1 heterocycles. The van der Waals surface area contributed by atoms with Crippen molar-refractivity contribution in [2.75, 3.05) is 33.4 Å². The van der Waals surface area contributed by atoms with Gasteiger partial charge in [-0.1, -0.05) is 29.8 Å². The van der Waals surface area contributed by atoms with E-state index >= 15 is 0 Å². The highest BCUT2D eigenvalue weighted by Crippen LogP contribution is 2.10. The topological polar surface area (TPSA) is 55.1 Å². The van der Waals surface area contributed by atoms with Crippen molar-refractivity contribution in [3.63, 3.8) is 0 Å². The van der Waals surface area contributed by atoms with E-state index in [0.29, 0.717) is 13.2 Å². The maximum absolute atomic E-state index is 10.3. The van der Waals surface area contributed by atoms with E-state index in [1.165, 1.54) is 11.1 Å². The molecule has 0 saturated carbocycles. The molecule has 0 aliphatic rings. The van der Waals surface area contributed by atoms with Gasteiger partial charge in [0.2, 0.25) is 0 Å². The summed E-state index contributed by atoms with van der Waals surface area (Å²) in [5, 5.41) is 10.3. The van der Waals surface area contributed by atoms with Gasteiger partial charge in [-0.25, -0.2) is 0 Å². The van der Waals surface area contributed by atoms with Gasteiger partial charge in [0.25, 0.3) is 0 Å². The lowest BCUT2D eigenvalue weighted by Crippen LogP contribution is -2.35. The van der Waals surface area contributed by atoms with Crippen LogP contribution in [0.3, 0.4) is 0 Å². The van der Waals surface area contributed by atoms with Crippen molar-refractivity contribution in [3.8, 4) is 0 Å². The van der Waals surface area contributed by atoms with Crippen LogP contribution in [0.1, 0.15) is 23.3 Å². The molecule has 0 aliphatic carbocycles. The minimum absolute atomic E-state index is 0.287. The van der Waals surface area contributed by atoms with Crippen LogP contribution in [0.25, 0.3) is 0 Å². The molecule has 0 fully saturated rings. The number of aryl methyl sites for hydroxylation is 1. The second kappa shape index (κ2) is 11.1. The molecule has 1 N–H and O–H groups in total. The van der Waals surface area contributed by atoms with Crippen molar-refractivity contribution in [2.24, 2.45) is 0 Å². The van der Waals surface area contributed by atoms with Gasteiger partial charge in [-0.3, -0.25) is 4.90 Å². The molecule has 2 rings (SSSR count). The van der Waals surface area contributed by atoms with Crippen LogP contribution in [0.4, 0.5) is 0 Å². The predicted octanol–water partition coefficient (Wildman–Crippen LogP) is 3.00. The van der Waals surface area contributed by atoms with Gasteiger partial charge in [0.1, 0.15) is 12.4 Å². The van der Waals surface area contributed by atoms with E-state index in [4.69, 9.17) is 13.9 Å². The normalized spacial score (nSPS) is 12.6. The number of hydrogen-bond acceptors (Lipinski definition) is 5. The average Bonchev–Trinajstić information content (AvgIpc) is 3.08. The lowest BCUT2D eigenvalue weighted by Gasteiger charge is -2.25. The number of aliphatic hydroxyl groups excluding tert-OH is 1. The van der Waals surface area contributed by atoms with Crippen LogP contribution in [-0.4, -0.2) is 49.5 Å². The zero-order chi connectivity index (χ0) is 17.9. The summed E-state index contributed by atoms with van der Waals surface area (Å²) in [4.78, 5) is 2.24. The molecule has 5 heteroatoms. The zero-order valence-corrected chi connectivity index (χ0v) is 15.2. The molecule has 0 spiro atoms. The lowest BCUT2D eigenvalue weighted by atomic mass is 10.1. The number of ether oxygens (including phenoxy) is 2. The molecule has 0 bridgehead atoms. The van der Waals surface area contributed by atoms with Crippen molar-refractivity contribution < 1.29 is 19.0 Å². The van der Waals surface area contributed by atoms with Gasteiger partial charge >= 0.3 is 0 Å². The fourth-order valence-corrected chi connectivity index (χ4v) is 2.78. The fraction of sp³-hybridized carbons (Fsp3) is 0.500. The summed E-state index contributed by atoms with van der Waals surface area (Å²) in [6, 6.07) is 12.2. The Bertz CT molecular complexity index is 585. The van der Waals surface area contributed by atoms with E-state index < -0.39 is 6.10 Å². The van der Waals surface area contributed by atoms with Crippen molar-refractivity contribution >= 4 is 0 Å². The van der Waals surface area contributed by atoms with Crippen LogP contribution in [-0.2, 0) is 22.6 Å². The van der Waals surface area contributed by atoms with E-state index in [0.717, 1.165) is 31.9 Å². The summed E-state index contributed by atoms with van der Waals surface area (Å²) in [7, 11) is 1.71. The smallest absolute Gasteiger partial charge is 0.129 e. The first-order valence-electron chi connectivity index (χ1n) is 8.72. The van der Waals surface area contributed by atoms with Gasteiger partial charge < -0.3 is 19.0 Å². The van der Waals surface area contributed by atoms with Gasteiger partial charge in [0, 0.05) is 33.4 Å². The zero-order valence-electron chi connectivity index (χ0n) is 15.2. The number of furan rings is 1. The van der Waals surface area contributed by atoms with Crippen molar-refractivity contribution in [2.45, 2.75) is 32.6 Å². The first-order chi connectivity index (χ1) is 12.2. The molecule has 0 aliphatic heterocycles. The van der Waals surface area contributed by atoms with E-state index in [9.17, 15) is 5.11 Å². The summed E-state index contributed by atoms with van der Waals surface area (Å²) in [5.41, 5.74) is 2.50. The standard InChI is InChI=1S/C20H29NO4/c1-17-6-3-7-18(12-17)13-21(9-5-10-23-2)14-19(22)15-24-16-20-8-4-11-25-20/h3-4,6-8,11-12,19,22H,5,9-10,13-16H2,1-2H3/t19-/m1/s1. The highest BCUT2D eigenvalue weighted by atomic mass is 16.5. The Balaban J connectivity index is 1.81. The quantitative estimate of drug-likeness (QED) is 0.598. The second-order valence-electron chi connectivity index (χ2n) is 6.32. The van der Waals surface area contributed by atoms with E-state index in [-0.39, 0.29) is 6.61 Å². The summed E-state index contributed by atoms with van der Waals surface area (Å²) >= 11 is 0. The molecule has 2 aromatic rings. The lowest BCUT2D eigenvalue weighted by molar-refractivity contribution is 0.00281. The molecule has 138 valence electrons. The first kappa shape index (κ1) is 19.7. The summed E-state index contributed by atoms with van der Waals surface area (Å²) in [6.07, 6.45) is 2.01. The molecule has 0 saturated heterocycles. The number of aliphatic hydroxyl groups is 1. The second-order valence-corrected chi connectivity index (χ2v) is 6.32. The minimum atomic E-state index is -0.540. The molecular weight excluding hydrogens is 318 g/mol. The fourth-order valence-electron chi connectivity index (χ4n) is 2.78. The molecular formula is C20H29NO4. The molecule has 0 radical (unpaired) electrons. The summed E-state index contributed by atoms with van der Waals surface area (Å²) < 4.78 is 15.9. The Labute approximate surface area is 150 Å². The Morgan fingerprint density at radius 2 is 2.12 bits per heavy atom. The minimum Gasteiger partial charge on any atom is -0.467 e. The van der Waals surface area contributed by atoms with Gasteiger partial charge in [0.15, 0.2) is 0 Å². The maximum atomic E-state index is 10.3. The Hall–Kier alpha value is -1.66. The monoisotopic (exact) mass is 347 g/mol. The molecule has 5 nitrogen and oxygen atoms in total. The van der Waals surface area contributed by atoms with Crippen LogP contribution in [0.15, 0.2) is 47.1 Å². The molecule has 25 heavy (non-hydrogen) atoms. The van der Waals surface area contributed by atoms with E-state index in [1.807, 2.05) is 12.1 Å². The van der Waals surface area contributed by atoms with Crippen molar-refractivity contribution in [1.29, 1.82) is 0 Å². The van der Waals surface area contributed by atoms with Crippen LogP contribution >= 0.6 is 0 Å². The van der Waals surface area contributed by atoms with Gasteiger partial charge in [-0.15, -0.1) is 0 Å². The molecule has 0 unspecified atom stereocenters. The van der Waals surface area contributed by atoms with E-state index in [1.54, 1.807) is 13.4 Å². The number of rotatable bonds is 12. The highest BCUT2D eigenvalue weighted by molar-refractivity contribution is 5.22. The van der Waals surface area contributed by atoms with Crippen molar-refractivity contribution in [3.05, 3.63) is 59.5 Å². The summed E-state index contributed by atoms with van der Waals surface area (Å²) in [5.74, 6) is 0.768. The van der Waals surface area contributed by atoms with E-state index in [2.05, 4.69) is 36.1 Å². The van der Waals surface area contributed by atoms with Crippen LogP contribution in [0.5, 0.6) is 0 Å². The van der Waals surface area contributed by atoms with Crippen molar-refractivity contribution in [1.82, 2.24) is 4.90 Å². The number of methoxy groups -OCH3 is 1.